The van der Waals surface area contributed by atoms with Crippen LogP contribution in [0.5, 0.6) is 11.5 Å². The van der Waals surface area contributed by atoms with Crippen LogP contribution in [-0.2, 0) is 73.6 Å². The third kappa shape index (κ3) is 7.20. The minimum Gasteiger partial charge on any atom is -0.508 e. The third-order valence-electron chi connectivity index (χ3n) is 7.05. The van der Waals surface area contributed by atoms with E-state index in [4.69, 9.17) is 9.47 Å². The molecule has 0 spiro atoms. The molecule has 0 bridgehead atoms. The SMILES string of the molecule is COC(=O)C(=O)N1Cc2cc(O)ccc2CC1C(=O)OC.COC(=O)C(=O)N1Cc2cc(OC)ccc2CC1C(=O)OC. The van der Waals surface area contributed by atoms with Crippen molar-refractivity contribution < 1.29 is 57.6 Å². The molecule has 2 aliphatic rings. The van der Waals surface area contributed by atoms with E-state index in [2.05, 4.69) is 14.2 Å². The minimum absolute atomic E-state index is 0.0252. The van der Waals surface area contributed by atoms with Crippen molar-refractivity contribution in [1.29, 1.82) is 0 Å². The van der Waals surface area contributed by atoms with E-state index >= 15 is 0 Å². The largest absolute Gasteiger partial charge is 0.508 e. The first-order valence-corrected chi connectivity index (χ1v) is 12.9. The van der Waals surface area contributed by atoms with E-state index in [-0.39, 0.29) is 31.7 Å². The summed E-state index contributed by atoms with van der Waals surface area (Å²) in [4.78, 5) is 73.2. The van der Waals surface area contributed by atoms with Crippen molar-refractivity contribution in [3.05, 3.63) is 58.7 Å². The zero-order valence-corrected chi connectivity index (χ0v) is 24.3. The van der Waals surface area contributed by atoms with Gasteiger partial charge in [0, 0.05) is 25.9 Å². The third-order valence-corrected chi connectivity index (χ3v) is 7.05. The zero-order chi connectivity index (χ0) is 31.8. The lowest BCUT2D eigenvalue weighted by Crippen LogP contribution is -2.51. The number of benzene rings is 2. The first kappa shape index (κ1) is 32.4. The second-order valence-electron chi connectivity index (χ2n) is 9.42. The molecule has 0 fully saturated rings. The Morgan fingerprint density at radius 3 is 1.49 bits per heavy atom. The first-order valence-electron chi connectivity index (χ1n) is 12.9. The van der Waals surface area contributed by atoms with Crippen molar-refractivity contribution in [2.75, 3.05) is 35.5 Å². The van der Waals surface area contributed by atoms with Crippen LogP contribution >= 0.6 is 0 Å². The summed E-state index contributed by atoms with van der Waals surface area (Å²) >= 11 is 0. The summed E-state index contributed by atoms with van der Waals surface area (Å²) < 4.78 is 23.4. The molecule has 2 heterocycles. The molecule has 2 aromatic carbocycles. The Morgan fingerprint density at radius 1 is 0.628 bits per heavy atom. The number of esters is 4. The van der Waals surface area contributed by atoms with Gasteiger partial charge in [-0.1, -0.05) is 12.1 Å². The molecule has 0 radical (unpaired) electrons. The second kappa shape index (κ2) is 14.2. The quantitative estimate of drug-likeness (QED) is 0.290. The highest BCUT2D eigenvalue weighted by Crippen LogP contribution is 2.29. The van der Waals surface area contributed by atoms with Gasteiger partial charge in [-0.25, -0.2) is 19.2 Å². The smallest absolute Gasteiger partial charge is 0.396 e. The summed E-state index contributed by atoms with van der Waals surface area (Å²) in [5, 5.41) is 9.50. The van der Waals surface area contributed by atoms with Gasteiger partial charge in [0.2, 0.25) is 0 Å². The number of amides is 2. The second-order valence-corrected chi connectivity index (χ2v) is 9.42. The van der Waals surface area contributed by atoms with Gasteiger partial charge < -0.3 is 38.6 Å². The monoisotopic (exact) mass is 600 g/mol. The lowest BCUT2D eigenvalue weighted by molar-refractivity contribution is -0.164. The molecule has 2 aromatic rings. The Hall–Kier alpha value is -5.14. The Balaban J connectivity index is 0.000000236. The molecule has 2 unspecified atom stereocenters. The van der Waals surface area contributed by atoms with Gasteiger partial charge in [-0.05, 0) is 46.5 Å². The lowest BCUT2D eigenvalue weighted by Gasteiger charge is -2.34. The highest BCUT2D eigenvalue weighted by Gasteiger charge is 2.39. The molecule has 0 aromatic heterocycles. The van der Waals surface area contributed by atoms with E-state index < -0.39 is 47.8 Å². The first-order chi connectivity index (χ1) is 20.5. The predicted octanol–water partition coefficient (Wildman–Crippen LogP) is 0.286. The van der Waals surface area contributed by atoms with E-state index in [1.807, 2.05) is 6.07 Å². The molecule has 1 N–H and O–H groups in total. The summed E-state index contributed by atoms with van der Waals surface area (Å²) in [6.45, 7) is 0.137. The van der Waals surface area contributed by atoms with E-state index in [0.717, 1.165) is 35.8 Å². The highest BCUT2D eigenvalue weighted by molar-refractivity contribution is 6.33. The Labute approximate surface area is 247 Å². The average molecular weight is 601 g/mol. The van der Waals surface area contributed by atoms with Crippen molar-refractivity contribution in [1.82, 2.24) is 9.80 Å². The Morgan fingerprint density at radius 2 is 1.07 bits per heavy atom. The topological polar surface area (TPSA) is 175 Å². The van der Waals surface area contributed by atoms with Crippen LogP contribution in [0.4, 0.5) is 0 Å². The summed E-state index contributed by atoms with van der Waals surface area (Å²) in [5.41, 5.74) is 3.21. The molecule has 0 saturated carbocycles. The summed E-state index contributed by atoms with van der Waals surface area (Å²) in [6, 6.07) is 8.34. The maximum absolute atomic E-state index is 12.1. The van der Waals surface area contributed by atoms with Gasteiger partial charge >= 0.3 is 35.7 Å². The number of methoxy groups -OCH3 is 5. The van der Waals surface area contributed by atoms with Crippen LogP contribution in [0, 0.1) is 0 Å². The van der Waals surface area contributed by atoms with Gasteiger partial charge in [-0.2, -0.15) is 0 Å². The van der Waals surface area contributed by atoms with Crippen molar-refractivity contribution in [3.8, 4) is 11.5 Å². The van der Waals surface area contributed by atoms with Crippen LogP contribution in [0.1, 0.15) is 22.3 Å². The van der Waals surface area contributed by atoms with Crippen LogP contribution in [0.3, 0.4) is 0 Å². The number of fused-ring (bicyclic) bond motifs is 2. The number of phenolic OH excluding ortho intramolecular Hbond substituents is 1. The number of aromatic hydroxyl groups is 1. The number of hydrogen-bond donors (Lipinski definition) is 1. The Kier molecular flexibility index (Phi) is 10.7. The molecule has 2 atom stereocenters. The summed E-state index contributed by atoms with van der Waals surface area (Å²) in [6.07, 6.45) is 0.486. The zero-order valence-electron chi connectivity index (χ0n) is 24.3. The van der Waals surface area contributed by atoms with Crippen LogP contribution in [0.2, 0.25) is 0 Å². The average Bonchev–Trinajstić information content (AvgIpc) is 3.04. The molecule has 14 heteroatoms. The molecule has 4 rings (SSSR count). The fourth-order valence-corrected chi connectivity index (χ4v) is 4.79. The fraction of sp³-hybridized carbons (Fsp3) is 0.379. The van der Waals surface area contributed by atoms with Crippen molar-refractivity contribution in [2.24, 2.45) is 0 Å². The van der Waals surface area contributed by atoms with E-state index in [1.165, 1.54) is 31.3 Å². The standard InChI is InChI=1S/C15H17NO6.C14H15NO6/c1-20-11-5-4-9-7-12(14(18)21-2)16(8-10(9)6-11)13(17)15(19)22-3;1-20-13(18)11-6-8-3-4-10(16)5-9(8)7-15(11)12(17)14(19)21-2/h4-6,12H,7-8H2,1-3H3;3-5,11,16H,6-7H2,1-2H3. The van der Waals surface area contributed by atoms with Gasteiger partial charge in [0.25, 0.3) is 0 Å². The van der Waals surface area contributed by atoms with E-state index in [9.17, 15) is 33.9 Å². The molecular weight excluding hydrogens is 568 g/mol. The number of nitrogens with zero attached hydrogens (tertiary/aromatic N) is 2. The van der Waals surface area contributed by atoms with Crippen LogP contribution in [0.25, 0.3) is 0 Å². The molecule has 0 aliphatic carbocycles. The maximum Gasteiger partial charge on any atom is 0.396 e. The number of hydrogen-bond acceptors (Lipinski definition) is 12. The number of rotatable bonds is 3. The van der Waals surface area contributed by atoms with Crippen molar-refractivity contribution >= 4 is 35.7 Å². The molecule has 43 heavy (non-hydrogen) atoms. The van der Waals surface area contributed by atoms with Gasteiger partial charge in [-0.15, -0.1) is 0 Å². The van der Waals surface area contributed by atoms with Gasteiger partial charge in [-0.3, -0.25) is 9.59 Å². The van der Waals surface area contributed by atoms with E-state index in [0.29, 0.717) is 11.3 Å². The van der Waals surface area contributed by atoms with Crippen LogP contribution in [0.15, 0.2) is 36.4 Å². The number of ether oxygens (including phenoxy) is 5. The molecule has 0 saturated heterocycles. The molecular formula is C29H32N2O12. The number of carbonyl (C=O) groups is 6. The molecule has 2 aliphatic heterocycles. The Bertz CT molecular complexity index is 1420. The minimum atomic E-state index is -1.05. The van der Waals surface area contributed by atoms with Gasteiger partial charge in [0.1, 0.15) is 23.6 Å². The normalized spacial score (nSPS) is 16.7. The predicted molar refractivity (Wildman–Crippen MR) is 145 cm³/mol. The van der Waals surface area contributed by atoms with E-state index in [1.54, 1.807) is 25.3 Å². The van der Waals surface area contributed by atoms with Gasteiger partial charge in [0.05, 0.1) is 35.5 Å². The van der Waals surface area contributed by atoms with Crippen LogP contribution in [-0.4, -0.2) is 98.2 Å². The van der Waals surface area contributed by atoms with Crippen LogP contribution < -0.4 is 4.74 Å². The van der Waals surface area contributed by atoms with Crippen molar-refractivity contribution in [2.45, 2.75) is 38.0 Å². The fourth-order valence-electron chi connectivity index (χ4n) is 4.79. The molecule has 230 valence electrons. The highest BCUT2D eigenvalue weighted by atomic mass is 16.5. The van der Waals surface area contributed by atoms with Crippen molar-refractivity contribution in [3.63, 3.8) is 0 Å². The summed E-state index contributed by atoms with van der Waals surface area (Å²) in [5.74, 6) is -4.33. The molecule has 2 amide bonds. The lowest BCUT2D eigenvalue weighted by atomic mass is 9.93. The number of phenols is 1. The maximum atomic E-state index is 12.1. The molecule has 14 nitrogen and oxygen atoms in total. The summed E-state index contributed by atoms with van der Waals surface area (Å²) in [7, 11) is 6.22. The number of carbonyl (C=O) groups excluding carboxylic acids is 6. The van der Waals surface area contributed by atoms with Gasteiger partial charge in [0.15, 0.2) is 0 Å².